The van der Waals surface area contributed by atoms with E-state index in [1.54, 1.807) is 28.9 Å². The maximum atomic E-state index is 12.1. The Labute approximate surface area is 129 Å². The van der Waals surface area contributed by atoms with E-state index in [0.29, 0.717) is 22.8 Å². The standard InChI is InChI=1S/C16H9F3N2O2/c1-2-11-9-14-20-7-8-21(14)15(10-11)22-12-3-5-13(6-4-12)23-16(17,18)19/h1,3-10H. The predicted molar refractivity (Wildman–Crippen MR) is 76.3 cm³/mol. The molecule has 23 heavy (non-hydrogen) atoms. The second kappa shape index (κ2) is 5.57. The lowest BCUT2D eigenvalue weighted by atomic mass is 10.2. The molecule has 3 rings (SSSR count). The molecule has 0 aliphatic carbocycles. The van der Waals surface area contributed by atoms with Crippen LogP contribution < -0.4 is 9.47 Å². The van der Waals surface area contributed by atoms with Crippen LogP contribution in [0.25, 0.3) is 5.65 Å². The van der Waals surface area contributed by atoms with Crippen LogP contribution in [0.5, 0.6) is 17.4 Å². The van der Waals surface area contributed by atoms with Gasteiger partial charge in [0.2, 0.25) is 5.88 Å². The van der Waals surface area contributed by atoms with Crippen LogP contribution in [0.1, 0.15) is 5.56 Å². The molecule has 2 aromatic heterocycles. The molecule has 0 bridgehead atoms. The molecule has 0 fully saturated rings. The molecule has 0 atom stereocenters. The number of aromatic nitrogens is 2. The van der Waals surface area contributed by atoms with Gasteiger partial charge in [-0.3, -0.25) is 4.40 Å². The van der Waals surface area contributed by atoms with Crippen LogP contribution >= 0.6 is 0 Å². The molecule has 0 saturated heterocycles. The second-order valence-corrected chi connectivity index (χ2v) is 4.50. The number of ether oxygens (including phenoxy) is 2. The summed E-state index contributed by atoms with van der Waals surface area (Å²) in [6, 6.07) is 8.42. The lowest BCUT2D eigenvalue weighted by Gasteiger charge is -2.11. The van der Waals surface area contributed by atoms with E-state index in [2.05, 4.69) is 15.6 Å². The zero-order chi connectivity index (χ0) is 16.4. The van der Waals surface area contributed by atoms with Gasteiger partial charge < -0.3 is 9.47 Å². The van der Waals surface area contributed by atoms with Gasteiger partial charge in [0.15, 0.2) is 0 Å². The Hall–Kier alpha value is -3.14. The van der Waals surface area contributed by atoms with Gasteiger partial charge >= 0.3 is 6.36 Å². The number of rotatable bonds is 3. The lowest BCUT2D eigenvalue weighted by molar-refractivity contribution is -0.274. The minimum Gasteiger partial charge on any atom is -0.440 e. The number of hydrogen-bond donors (Lipinski definition) is 0. The van der Waals surface area contributed by atoms with E-state index in [9.17, 15) is 13.2 Å². The molecule has 0 aliphatic rings. The molecule has 0 spiro atoms. The third kappa shape index (κ3) is 3.37. The van der Waals surface area contributed by atoms with Crippen molar-refractivity contribution in [3.63, 3.8) is 0 Å². The Morgan fingerprint density at radius 1 is 1.09 bits per heavy atom. The highest BCUT2D eigenvalue weighted by molar-refractivity contribution is 5.51. The summed E-state index contributed by atoms with van der Waals surface area (Å²) in [4.78, 5) is 4.13. The van der Waals surface area contributed by atoms with Crippen molar-refractivity contribution >= 4 is 5.65 Å². The van der Waals surface area contributed by atoms with Gasteiger partial charge in [-0.05, 0) is 30.3 Å². The van der Waals surface area contributed by atoms with E-state index >= 15 is 0 Å². The molecule has 116 valence electrons. The monoisotopic (exact) mass is 318 g/mol. The largest absolute Gasteiger partial charge is 0.573 e. The zero-order valence-corrected chi connectivity index (χ0v) is 11.5. The number of imidazole rings is 1. The summed E-state index contributed by atoms with van der Waals surface area (Å²) in [5.74, 6) is 2.90. The van der Waals surface area contributed by atoms with Crippen molar-refractivity contribution in [1.82, 2.24) is 9.38 Å². The summed E-state index contributed by atoms with van der Waals surface area (Å²) in [6.07, 6.45) is 3.93. The molecule has 0 amide bonds. The summed E-state index contributed by atoms with van der Waals surface area (Å²) >= 11 is 0. The fraction of sp³-hybridized carbons (Fsp3) is 0.0625. The first-order valence-corrected chi connectivity index (χ1v) is 6.42. The van der Waals surface area contributed by atoms with Gasteiger partial charge in [0.25, 0.3) is 0 Å². The SMILES string of the molecule is C#Cc1cc(Oc2ccc(OC(F)(F)F)cc2)n2ccnc2c1. The average Bonchev–Trinajstić information content (AvgIpc) is 2.96. The van der Waals surface area contributed by atoms with E-state index < -0.39 is 6.36 Å². The Morgan fingerprint density at radius 3 is 2.43 bits per heavy atom. The van der Waals surface area contributed by atoms with Gasteiger partial charge in [-0.1, -0.05) is 5.92 Å². The first kappa shape index (κ1) is 14.8. The molecule has 7 heteroatoms. The van der Waals surface area contributed by atoms with Crippen molar-refractivity contribution in [1.29, 1.82) is 0 Å². The van der Waals surface area contributed by atoms with Gasteiger partial charge in [-0.15, -0.1) is 19.6 Å². The quantitative estimate of drug-likeness (QED) is 0.685. The molecular formula is C16H9F3N2O2. The van der Waals surface area contributed by atoms with E-state index in [4.69, 9.17) is 11.2 Å². The van der Waals surface area contributed by atoms with Crippen LogP contribution in [-0.2, 0) is 0 Å². The minimum absolute atomic E-state index is 0.324. The van der Waals surface area contributed by atoms with Crippen molar-refractivity contribution in [2.45, 2.75) is 6.36 Å². The summed E-state index contributed by atoms with van der Waals surface area (Å²) in [5, 5.41) is 0. The van der Waals surface area contributed by atoms with E-state index in [1.807, 2.05) is 0 Å². The first-order chi connectivity index (χ1) is 10.9. The third-order valence-corrected chi connectivity index (χ3v) is 2.92. The molecular weight excluding hydrogens is 309 g/mol. The Kier molecular flexibility index (Phi) is 3.58. The van der Waals surface area contributed by atoms with Gasteiger partial charge in [0.1, 0.15) is 17.1 Å². The Morgan fingerprint density at radius 2 is 1.78 bits per heavy atom. The van der Waals surface area contributed by atoms with Crippen molar-refractivity contribution in [3.8, 4) is 29.7 Å². The second-order valence-electron chi connectivity index (χ2n) is 4.50. The van der Waals surface area contributed by atoms with Gasteiger partial charge in [-0.2, -0.15) is 0 Å². The highest BCUT2D eigenvalue weighted by Gasteiger charge is 2.30. The van der Waals surface area contributed by atoms with E-state index in [-0.39, 0.29) is 5.75 Å². The predicted octanol–water partition coefficient (Wildman–Crippen LogP) is 4.01. The van der Waals surface area contributed by atoms with Gasteiger partial charge in [-0.25, -0.2) is 4.98 Å². The number of alkyl halides is 3. The molecule has 2 heterocycles. The van der Waals surface area contributed by atoms with Crippen LogP contribution in [0.4, 0.5) is 13.2 Å². The van der Waals surface area contributed by atoms with Crippen LogP contribution in [0.15, 0.2) is 48.8 Å². The highest BCUT2D eigenvalue weighted by Crippen LogP contribution is 2.28. The molecule has 0 N–H and O–H groups in total. The molecule has 1 aromatic carbocycles. The van der Waals surface area contributed by atoms with Crippen LogP contribution in [0, 0.1) is 12.3 Å². The smallest absolute Gasteiger partial charge is 0.440 e. The number of pyridine rings is 1. The van der Waals surface area contributed by atoms with Crippen molar-refractivity contribution < 1.29 is 22.6 Å². The lowest BCUT2D eigenvalue weighted by Crippen LogP contribution is -2.16. The molecule has 0 unspecified atom stereocenters. The highest BCUT2D eigenvalue weighted by atomic mass is 19.4. The number of benzene rings is 1. The maximum Gasteiger partial charge on any atom is 0.573 e. The molecule has 0 saturated carbocycles. The third-order valence-electron chi connectivity index (χ3n) is 2.92. The molecule has 3 aromatic rings. The topological polar surface area (TPSA) is 35.8 Å². The van der Waals surface area contributed by atoms with E-state index in [1.165, 1.54) is 24.3 Å². The fourth-order valence-electron chi connectivity index (χ4n) is 1.98. The average molecular weight is 318 g/mol. The Balaban J connectivity index is 1.87. The number of hydrogen-bond acceptors (Lipinski definition) is 3. The summed E-state index contributed by atoms with van der Waals surface area (Å²) in [5.41, 5.74) is 1.18. The zero-order valence-electron chi connectivity index (χ0n) is 11.5. The number of halogens is 3. The fourth-order valence-corrected chi connectivity index (χ4v) is 1.98. The molecule has 0 aliphatic heterocycles. The van der Waals surface area contributed by atoms with Crippen molar-refractivity contribution in [3.05, 3.63) is 54.4 Å². The molecule has 0 radical (unpaired) electrons. The Bertz CT molecular complexity index is 877. The summed E-state index contributed by atoms with van der Waals surface area (Å²) < 4.78 is 47.5. The van der Waals surface area contributed by atoms with Crippen LogP contribution in [0.3, 0.4) is 0 Å². The molecule has 4 nitrogen and oxygen atoms in total. The summed E-state index contributed by atoms with van der Waals surface area (Å²) in [7, 11) is 0. The number of nitrogens with zero attached hydrogens (tertiary/aromatic N) is 2. The van der Waals surface area contributed by atoms with Crippen molar-refractivity contribution in [2.24, 2.45) is 0 Å². The van der Waals surface area contributed by atoms with Gasteiger partial charge in [0.05, 0.1) is 0 Å². The maximum absolute atomic E-state index is 12.1. The van der Waals surface area contributed by atoms with Gasteiger partial charge in [0, 0.05) is 24.0 Å². The van der Waals surface area contributed by atoms with E-state index in [0.717, 1.165) is 0 Å². The minimum atomic E-state index is -4.73. The normalized spacial score (nSPS) is 11.2. The van der Waals surface area contributed by atoms with Crippen LogP contribution in [0.2, 0.25) is 0 Å². The first-order valence-electron chi connectivity index (χ1n) is 6.42. The van der Waals surface area contributed by atoms with Crippen LogP contribution in [-0.4, -0.2) is 15.7 Å². The van der Waals surface area contributed by atoms with Crippen molar-refractivity contribution in [2.75, 3.05) is 0 Å². The summed E-state index contributed by atoms with van der Waals surface area (Å²) in [6.45, 7) is 0. The number of terminal acetylenes is 1. The number of fused-ring (bicyclic) bond motifs is 1.